The van der Waals surface area contributed by atoms with Crippen molar-refractivity contribution >= 4 is 24.3 Å². The summed E-state index contributed by atoms with van der Waals surface area (Å²) in [6, 6.07) is 6.40. The Morgan fingerprint density at radius 1 is 0.800 bits per heavy atom. The Bertz CT molecular complexity index is 1310. The summed E-state index contributed by atoms with van der Waals surface area (Å²) >= 11 is 0. The second-order valence-corrected chi connectivity index (χ2v) is 9.01. The summed E-state index contributed by atoms with van der Waals surface area (Å²) < 4.78 is 124. The summed E-state index contributed by atoms with van der Waals surface area (Å²) in [5.41, 5.74) is -5.32. The van der Waals surface area contributed by atoms with Gasteiger partial charge in [-0.25, -0.2) is 18.0 Å². The minimum Gasteiger partial charge on any atom is -0.416 e. The second-order valence-electron chi connectivity index (χ2n) is 6.94. The lowest BCUT2D eigenvalue weighted by Gasteiger charge is -2.26. The zero-order valence-corrected chi connectivity index (χ0v) is 18.9. The number of rotatable bonds is 8. The summed E-state index contributed by atoms with van der Waals surface area (Å²) in [5, 5.41) is 0.300. The van der Waals surface area contributed by atoms with Gasteiger partial charge in [0.15, 0.2) is 0 Å². The molecule has 0 amide bonds. The molecule has 5 nitrogen and oxygen atoms in total. The molecule has 0 unspecified atom stereocenters. The maximum atomic E-state index is 15.1. The largest absolute Gasteiger partial charge is 0.416 e. The molecule has 0 aliphatic heterocycles. The fraction of sp³-hybridized carbons (Fsp3) is 0.227. The number of ether oxygens (including phenoxy) is 1. The SMILES string of the molecule is CCOP(=O)(OCC)C(F)(F)c1ccc2ccc(C(=O)Oc3c(F)c(F)c(F)c(F)c3F)cc2c1. The van der Waals surface area contributed by atoms with Crippen molar-refractivity contribution in [2.24, 2.45) is 0 Å². The van der Waals surface area contributed by atoms with Crippen molar-refractivity contribution in [2.45, 2.75) is 19.5 Å². The highest BCUT2D eigenvalue weighted by Crippen LogP contribution is 2.66. The molecule has 0 aliphatic rings. The van der Waals surface area contributed by atoms with Crippen molar-refractivity contribution in [1.29, 1.82) is 0 Å². The van der Waals surface area contributed by atoms with Crippen LogP contribution in [0.5, 0.6) is 5.75 Å². The Morgan fingerprint density at radius 3 is 1.86 bits per heavy atom. The Morgan fingerprint density at radius 2 is 1.31 bits per heavy atom. The lowest BCUT2D eigenvalue weighted by atomic mass is 10.0. The molecule has 13 heteroatoms. The van der Waals surface area contributed by atoms with Crippen molar-refractivity contribution in [1.82, 2.24) is 0 Å². The fourth-order valence-electron chi connectivity index (χ4n) is 3.08. The third-order valence-corrected chi connectivity index (χ3v) is 6.87. The number of halogens is 7. The maximum absolute atomic E-state index is 15.1. The van der Waals surface area contributed by atoms with Gasteiger partial charge >= 0.3 is 19.2 Å². The third-order valence-electron chi connectivity index (χ3n) is 4.73. The Labute approximate surface area is 193 Å². The molecule has 3 aromatic carbocycles. The van der Waals surface area contributed by atoms with Crippen LogP contribution in [0.4, 0.5) is 30.7 Å². The first-order chi connectivity index (χ1) is 16.4. The number of hydrogen-bond acceptors (Lipinski definition) is 5. The molecule has 0 atom stereocenters. The number of carbonyl (C=O) groups is 1. The van der Waals surface area contributed by atoms with Crippen LogP contribution in [-0.2, 0) is 19.3 Å². The minimum absolute atomic E-state index is 0.0198. The van der Waals surface area contributed by atoms with E-state index in [2.05, 4.69) is 4.74 Å². The number of esters is 1. The first-order valence-corrected chi connectivity index (χ1v) is 11.5. The molecular weight excluding hydrogens is 508 g/mol. The van der Waals surface area contributed by atoms with Crippen molar-refractivity contribution in [2.75, 3.05) is 13.2 Å². The molecule has 0 N–H and O–H groups in total. The van der Waals surface area contributed by atoms with E-state index in [9.17, 15) is 31.3 Å². The molecule has 0 saturated carbocycles. The summed E-state index contributed by atoms with van der Waals surface area (Å²) in [4.78, 5) is 12.4. The fourth-order valence-corrected chi connectivity index (χ4v) is 4.62. The average molecular weight is 524 g/mol. The van der Waals surface area contributed by atoms with Gasteiger partial charge in [-0.2, -0.15) is 17.6 Å². The predicted molar refractivity (Wildman–Crippen MR) is 110 cm³/mol. The van der Waals surface area contributed by atoms with Gasteiger partial charge in [-0.15, -0.1) is 0 Å². The molecule has 0 heterocycles. The molecule has 0 fully saturated rings. The van der Waals surface area contributed by atoms with Gasteiger partial charge in [0.25, 0.3) is 0 Å². The zero-order chi connectivity index (χ0) is 26.1. The van der Waals surface area contributed by atoms with Crippen LogP contribution < -0.4 is 4.74 Å². The number of benzene rings is 3. The Kier molecular flexibility index (Phi) is 7.59. The normalized spacial score (nSPS) is 12.3. The highest BCUT2D eigenvalue weighted by molar-refractivity contribution is 7.54. The molecule has 0 saturated heterocycles. The summed E-state index contributed by atoms with van der Waals surface area (Å²) in [7, 11) is -4.93. The van der Waals surface area contributed by atoms with Gasteiger partial charge in [-0.05, 0) is 42.8 Å². The monoisotopic (exact) mass is 524 g/mol. The van der Waals surface area contributed by atoms with E-state index in [1.807, 2.05) is 0 Å². The van der Waals surface area contributed by atoms with Gasteiger partial charge < -0.3 is 13.8 Å². The van der Waals surface area contributed by atoms with Gasteiger partial charge in [-0.3, -0.25) is 4.57 Å². The van der Waals surface area contributed by atoms with Crippen LogP contribution in [0.15, 0.2) is 36.4 Å². The van der Waals surface area contributed by atoms with Crippen molar-refractivity contribution in [3.63, 3.8) is 0 Å². The van der Waals surface area contributed by atoms with Crippen LogP contribution in [0, 0.1) is 29.1 Å². The molecule has 0 aliphatic carbocycles. The van der Waals surface area contributed by atoms with Crippen LogP contribution in [0.25, 0.3) is 10.8 Å². The van der Waals surface area contributed by atoms with E-state index in [0.717, 1.165) is 24.3 Å². The number of carbonyl (C=O) groups excluding carboxylic acids is 1. The van der Waals surface area contributed by atoms with E-state index >= 15 is 8.78 Å². The molecule has 3 aromatic rings. The Hall–Kier alpha value is -2.95. The second kappa shape index (κ2) is 9.96. The molecule has 0 aromatic heterocycles. The minimum atomic E-state index is -4.93. The lowest BCUT2D eigenvalue weighted by Crippen LogP contribution is -2.18. The molecule has 3 rings (SSSR count). The topological polar surface area (TPSA) is 61.8 Å². The summed E-state index contributed by atoms with van der Waals surface area (Å²) in [6.45, 7) is 2.05. The summed E-state index contributed by atoms with van der Waals surface area (Å²) in [6.07, 6.45) is 0. The van der Waals surface area contributed by atoms with Gasteiger partial charge in [0.2, 0.25) is 34.8 Å². The van der Waals surface area contributed by atoms with Gasteiger partial charge in [0.05, 0.1) is 18.8 Å². The van der Waals surface area contributed by atoms with Crippen LogP contribution in [0.3, 0.4) is 0 Å². The van der Waals surface area contributed by atoms with Crippen molar-refractivity contribution in [3.05, 3.63) is 76.6 Å². The van der Waals surface area contributed by atoms with E-state index in [1.54, 1.807) is 0 Å². The van der Waals surface area contributed by atoms with Crippen molar-refractivity contribution in [3.8, 4) is 5.75 Å². The maximum Gasteiger partial charge on any atom is 0.404 e. The first kappa shape index (κ1) is 26.7. The average Bonchev–Trinajstić information content (AvgIpc) is 2.83. The quantitative estimate of drug-likeness (QED) is 0.0788. The molecular formula is C22H16F7O5P. The molecule has 0 spiro atoms. The molecule has 0 radical (unpaired) electrons. The van der Waals surface area contributed by atoms with Crippen LogP contribution in [0.2, 0.25) is 0 Å². The van der Waals surface area contributed by atoms with Crippen molar-refractivity contribution < 1.29 is 53.9 Å². The predicted octanol–water partition coefficient (Wildman–Crippen LogP) is 7.07. The van der Waals surface area contributed by atoms with E-state index in [1.165, 1.54) is 26.0 Å². The van der Waals surface area contributed by atoms with Crippen LogP contribution >= 0.6 is 7.60 Å². The van der Waals surface area contributed by atoms with E-state index in [4.69, 9.17) is 9.05 Å². The standard InChI is InChI=1S/C22H16F7O5P/c1-3-32-35(31,33-4-2)22(28,29)14-8-7-11-5-6-12(9-13(11)10-14)21(30)34-20-18(26)16(24)15(23)17(25)19(20)27/h5-10H,3-4H2,1-2H3. The van der Waals surface area contributed by atoms with Gasteiger partial charge in [0, 0.05) is 5.56 Å². The third kappa shape index (κ3) is 4.78. The van der Waals surface area contributed by atoms with E-state index < -0.39 is 65.2 Å². The van der Waals surface area contributed by atoms with Crippen LogP contribution in [0.1, 0.15) is 29.8 Å². The smallest absolute Gasteiger partial charge is 0.404 e. The Balaban J connectivity index is 2.01. The summed E-state index contributed by atoms with van der Waals surface area (Å²) in [5.74, 6) is -15.1. The number of hydrogen-bond donors (Lipinski definition) is 0. The highest BCUT2D eigenvalue weighted by Gasteiger charge is 2.54. The van der Waals surface area contributed by atoms with Gasteiger partial charge in [0.1, 0.15) is 0 Å². The molecule has 188 valence electrons. The zero-order valence-electron chi connectivity index (χ0n) is 18.0. The lowest BCUT2D eigenvalue weighted by molar-refractivity contribution is 0.0362. The highest BCUT2D eigenvalue weighted by atomic mass is 31.2. The number of alkyl halides is 2. The number of fused-ring (bicyclic) bond motifs is 1. The molecule has 0 bridgehead atoms. The van der Waals surface area contributed by atoms with Crippen LogP contribution in [-0.4, -0.2) is 19.2 Å². The van der Waals surface area contributed by atoms with E-state index in [0.29, 0.717) is 5.39 Å². The van der Waals surface area contributed by atoms with E-state index in [-0.39, 0.29) is 18.6 Å². The van der Waals surface area contributed by atoms with Gasteiger partial charge in [-0.1, -0.05) is 18.2 Å². The molecule has 35 heavy (non-hydrogen) atoms. The first-order valence-electron chi connectivity index (χ1n) is 9.92.